The highest BCUT2D eigenvalue weighted by Gasteiger charge is 2.43. The smallest absolute Gasteiger partial charge is 0.411 e. The van der Waals surface area contributed by atoms with E-state index >= 15 is 0 Å². The van der Waals surface area contributed by atoms with E-state index in [-0.39, 0.29) is 11.9 Å². The largest absolute Gasteiger partial charge is 0.444 e. The van der Waals surface area contributed by atoms with Crippen molar-refractivity contribution >= 4 is 12.0 Å². The molecule has 1 aromatic rings. The lowest BCUT2D eigenvalue weighted by atomic mass is 9.91. The minimum atomic E-state index is -0.594. The fraction of sp³-hybridized carbons (Fsp3) is 0.636. The van der Waals surface area contributed by atoms with E-state index in [0.29, 0.717) is 24.8 Å². The van der Waals surface area contributed by atoms with Gasteiger partial charge in [-0.1, -0.05) is 24.3 Å². The summed E-state index contributed by atoms with van der Waals surface area (Å²) in [5, 5.41) is 6.76. The van der Waals surface area contributed by atoms with Gasteiger partial charge in [0.05, 0.1) is 6.54 Å². The number of hydrogen-bond acceptors (Lipinski definition) is 4. The zero-order valence-electron chi connectivity index (χ0n) is 17.0. The number of carbonyl (C=O) groups excluding carboxylic acids is 2. The molecular formula is C22H31N3O3. The SMILES string of the molecule is CC(C)(C)OC(=O)N1Cc2ccccc2CC1C(=O)NC1C2CCC1CNC2. The van der Waals surface area contributed by atoms with Crippen LogP contribution >= 0.6 is 0 Å². The van der Waals surface area contributed by atoms with Crippen molar-refractivity contribution in [3.05, 3.63) is 35.4 Å². The molecule has 0 spiro atoms. The van der Waals surface area contributed by atoms with Gasteiger partial charge in [-0.25, -0.2) is 4.79 Å². The predicted molar refractivity (Wildman–Crippen MR) is 107 cm³/mol. The van der Waals surface area contributed by atoms with Gasteiger partial charge < -0.3 is 15.4 Å². The maximum Gasteiger partial charge on any atom is 0.411 e. The van der Waals surface area contributed by atoms with Crippen LogP contribution in [0.3, 0.4) is 0 Å². The second kappa shape index (κ2) is 7.39. The number of carbonyl (C=O) groups is 2. The van der Waals surface area contributed by atoms with Crippen LogP contribution in [0.4, 0.5) is 4.79 Å². The molecule has 1 aliphatic carbocycles. The van der Waals surface area contributed by atoms with E-state index in [1.807, 2.05) is 39.0 Å². The van der Waals surface area contributed by atoms with Crippen molar-refractivity contribution in [2.45, 2.75) is 64.3 Å². The lowest BCUT2D eigenvalue weighted by Gasteiger charge is -2.39. The maximum atomic E-state index is 13.3. The van der Waals surface area contributed by atoms with Gasteiger partial charge in [0.2, 0.25) is 5.91 Å². The van der Waals surface area contributed by atoms with Crippen molar-refractivity contribution in [3.8, 4) is 0 Å². The summed E-state index contributed by atoms with van der Waals surface area (Å²) in [6.07, 6.45) is 2.43. The molecule has 6 heteroatoms. The van der Waals surface area contributed by atoms with Crippen LogP contribution in [0.2, 0.25) is 0 Å². The Morgan fingerprint density at radius 3 is 2.39 bits per heavy atom. The van der Waals surface area contributed by atoms with Gasteiger partial charge in [0.25, 0.3) is 0 Å². The van der Waals surface area contributed by atoms with Crippen LogP contribution in [0.5, 0.6) is 0 Å². The minimum absolute atomic E-state index is 0.0517. The third kappa shape index (κ3) is 3.88. The molecule has 0 aromatic heterocycles. The summed E-state index contributed by atoms with van der Waals surface area (Å²) in [6.45, 7) is 7.89. The van der Waals surface area contributed by atoms with Crippen molar-refractivity contribution in [1.29, 1.82) is 0 Å². The number of fused-ring (bicyclic) bond motifs is 3. The maximum absolute atomic E-state index is 13.3. The summed E-state index contributed by atoms with van der Waals surface area (Å²) in [7, 11) is 0. The Balaban J connectivity index is 1.55. The van der Waals surface area contributed by atoms with Gasteiger partial charge in [0, 0.05) is 12.5 Å². The number of benzene rings is 1. The van der Waals surface area contributed by atoms with Crippen molar-refractivity contribution in [1.82, 2.24) is 15.5 Å². The van der Waals surface area contributed by atoms with Crippen LogP contribution in [0.25, 0.3) is 0 Å². The summed E-state index contributed by atoms with van der Waals surface area (Å²) < 4.78 is 5.61. The molecule has 4 rings (SSSR count). The van der Waals surface area contributed by atoms with E-state index in [1.54, 1.807) is 4.90 Å². The zero-order valence-corrected chi connectivity index (χ0v) is 17.0. The Morgan fingerprint density at radius 2 is 1.75 bits per heavy atom. The number of amides is 2. The second-order valence-corrected chi connectivity index (χ2v) is 9.39. The topological polar surface area (TPSA) is 70.7 Å². The Kier molecular flexibility index (Phi) is 5.08. The molecule has 1 saturated carbocycles. The van der Waals surface area contributed by atoms with E-state index in [0.717, 1.165) is 37.1 Å². The minimum Gasteiger partial charge on any atom is -0.444 e. The van der Waals surface area contributed by atoms with Crippen molar-refractivity contribution in [2.24, 2.45) is 11.8 Å². The molecule has 1 saturated heterocycles. The molecular weight excluding hydrogens is 354 g/mol. The quantitative estimate of drug-likeness (QED) is 0.820. The van der Waals surface area contributed by atoms with Crippen LogP contribution in [0.15, 0.2) is 24.3 Å². The molecule has 2 heterocycles. The van der Waals surface area contributed by atoms with Crippen LogP contribution in [-0.4, -0.2) is 47.7 Å². The van der Waals surface area contributed by atoms with E-state index in [1.165, 1.54) is 0 Å². The van der Waals surface area contributed by atoms with Gasteiger partial charge in [-0.15, -0.1) is 0 Å². The molecule has 3 atom stereocenters. The molecule has 2 bridgehead atoms. The van der Waals surface area contributed by atoms with Crippen LogP contribution in [-0.2, 0) is 22.5 Å². The number of nitrogens with one attached hydrogen (secondary N) is 2. The first-order valence-electron chi connectivity index (χ1n) is 10.4. The molecule has 2 N–H and O–H groups in total. The van der Waals surface area contributed by atoms with E-state index in [9.17, 15) is 9.59 Å². The number of piperidine rings is 1. The lowest BCUT2D eigenvalue weighted by Crippen LogP contribution is -2.58. The molecule has 3 unspecified atom stereocenters. The molecule has 2 fully saturated rings. The number of rotatable bonds is 2. The summed E-state index contributed by atoms with van der Waals surface area (Å²) in [6, 6.07) is 7.72. The number of hydrogen-bond donors (Lipinski definition) is 2. The lowest BCUT2D eigenvalue weighted by molar-refractivity contribution is -0.128. The van der Waals surface area contributed by atoms with Gasteiger partial charge in [0.1, 0.15) is 11.6 Å². The molecule has 2 amide bonds. The molecule has 3 aliphatic rings. The Hall–Kier alpha value is -2.08. The van der Waals surface area contributed by atoms with E-state index in [2.05, 4.69) is 16.7 Å². The van der Waals surface area contributed by atoms with E-state index < -0.39 is 17.7 Å². The van der Waals surface area contributed by atoms with Gasteiger partial charge in [-0.3, -0.25) is 9.69 Å². The molecule has 1 aromatic carbocycles. The fourth-order valence-corrected chi connectivity index (χ4v) is 4.85. The van der Waals surface area contributed by atoms with Crippen LogP contribution in [0, 0.1) is 11.8 Å². The average molecular weight is 386 g/mol. The van der Waals surface area contributed by atoms with Crippen LogP contribution in [0.1, 0.15) is 44.7 Å². The first-order valence-corrected chi connectivity index (χ1v) is 10.4. The fourth-order valence-electron chi connectivity index (χ4n) is 4.85. The number of ether oxygens (including phenoxy) is 1. The van der Waals surface area contributed by atoms with Crippen LogP contribution < -0.4 is 10.6 Å². The Labute approximate surface area is 167 Å². The molecule has 6 nitrogen and oxygen atoms in total. The molecule has 28 heavy (non-hydrogen) atoms. The third-order valence-electron chi connectivity index (χ3n) is 6.23. The average Bonchev–Trinajstić information content (AvgIpc) is 2.86. The zero-order chi connectivity index (χ0) is 19.9. The summed E-state index contributed by atoms with van der Waals surface area (Å²) in [5.41, 5.74) is 1.62. The first kappa shape index (κ1) is 19.2. The molecule has 0 radical (unpaired) electrons. The van der Waals surface area contributed by atoms with Gasteiger partial charge in [-0.2, -0.15) is 0 Å². The van der Waals surface area contributed by atoms with Crippen molar-refractivity contribution < 1.29 is 14.3 Å². The highest BCUT2D eigenvalue weighted by atomic mass is 16.6. The van der Waals surface area contributed by atoms with Gasteiger partial charge in [-0.05, 0) is 69.7 Å². The molecule has 152 valence electrons. The predicted octanol–water partition coefficient (Wildman–Crippen LogP) is 2.46. The highest BCUT2D eigenvalue weighted by molar-refractivity contribution is 5.87. The van der Waals surface area contributed by atoms with Gasteiger partial charge in [0.15, 0.2) is 0 Å². The Morgan fingerprint density at radius 1 is 1.11 bits per heavy atom. The van der Waals surface area contributed by atoms with Gasteiger partial charge >= 0.3 is 6.09 Å². The van der Waals surface area contributed by atoms with E-state index in [4.69, 9.17) is 4.74 Å². The highest BCUT2D eigenvalue weighted by Crippen LogP contribution is 2.34. The standard InChI is InChI=1S/C22H31N3O3/c1-22(2,3)28-21(27)25-13-17-7-5-4-6-14(17)10-18(25)20(26)24-19-15-8-9-16(19)12-23-11-15/h4-7,15-16,18-19,23H,8-13H2,1-3H3,(H,24,26). The first-order chi connectivity index (χ1) is 13.3. The third-order valence-corrected chi connectivity index (χ3v) is 6.23. The monoisotopic (exact) mass is 385 g/mol. The summed E-state index contributed by atoms with van der Waals surface area (Å²) in [4.78, 5) is 27.8. The Bertz CT molecular complexity index is 742. The number of nitrogens with zero attached hydrogens (tertiary/aromatic N) is 1. The van der Waals surface area contributed by atoms with Crippen molar-refractivity contribution in [2.75, 3.05) is 13.1 Å². The summed E-state index contributed by atoms with van der Waals surface area (Å²) >= 11 is 0. The summed E-state index contributed by atoms with van der Waals surface area (Å²) in [5.74, 6) is 0.936. The van der Waals surface area contributed by atoms with Crippen molar-refractivity contribution in [3.63, 3.8) is 0 Å². The normalized spacial score (nSPS) is 29.2. The second-order valence-electron chi connectivity index (χ2n) is 9.39. The molecule has 2 aliphatic heterocycles.